The van der Waals surface area contributed by atoms with Gasteiger partial charge in [0.1, 0.15) is 5.60 Å². The predicted octanol–water partition coefficient (Wildman–Crippen LogP) is 2.25. The highest BCUT2D eigenvalue weighted by molar-refractivity contribution is 5.10. The van der Waals surface area contributed by atoms with Gasteiger partial charge in [-0.3, -0.25) is 0 Å². The minimum Gasteiger partial charge on any atom is -0.370 e. The summed E-state index contributed by atoms with van der Waals surface area (Å²) in [6.45, 7) is 3.08. The summed E-state index contributed by atoms with van der Waals surface area (Å²) in [5.74, 6) is 1.52. The summed E-state index contributed by atoms with van der Waals surface area (Å²) in [7, 11) is 3.70. The first-order valence-electron chi connectivity index (χ1n) is 6.71. The minimum absolute atomic E-state index is 0.268. The van der Waals surface area contributed by atoms with Crippen LogP contribution in [0.1, 0.15) is 44.0 Å². The molecular formula is C14H23N3O. The molecule has 0 bridgehead atoms. The van der Waals surface area contributed by atoms with Crippen LogP contribution in [0.4, 0.5) is 0 Å². The third-order valence-electron chi connectivity index (χ3n) is 3.84. The maximum Gasteiger partial charge on any atom is 0.160 e. The van der Waals surface area contributed by atoms with Gasteiger partial charge in [0.05, 0.1) is 0 Å². The lowest BCUT2D eigenvalue weighted by Gasteiger charge is -2.37. The molecule has 2 atom stereocenters. The maximum atomic E-state index is 5.79. The summed E-state index contributed by atoms with van der Waals surface area (Å²) in [6.07, 6.45) is 8.32. The lowest BCUT2D eigenvalue weighted by Crippen LogP contribution is -2.36. The van der Waals surface area contributed by atoms with E-state index >= 15 is 0 Å². The highest BCUT2D eigenvalue weighted by Gasteiger charge is 2.39. The fraction of sp³-hybridized carbons (Fsp3) is 0.714. The van der Waals surface area contributed by atoms with Crippen LogP contribution in [0.2, 0.25) is 0 Å². The van der Waals surface area contributed by atoms with Crippen molar-refractivity contribution in [1.82, 2.24) is 15.3 Å². The smallest absolute Gasteiger partial charge is 0.160 e. The molecule has 1 aromatic heterocycles. The number of hydrogen-bond acceptors (Lipinski definition) is 4. The number of rotatable bonds is 4. The van der Waals surface area contributed by atoms with Gasteiger partial charge in [-0.15, -0.1) is 0 Å². The molecule has 0 aliphatic heterocycles. The van der Waals surface area contributed by atoms with Crippen LogP contribution in [0.5, 0.6) is 0 Å². The van der Waals surface area contributed by atoms with Crippen LogP contribution in [-0.4, -0.2) is 24.1 Å². The summed E-state index contributed by atoms with van der Waals surface area (Å²) in [5, 5.41) is 3.10. The van der Waals surface area contributed by atoms with E-state index in [4.69, 9.17) is 4.74 Å². The average Bonchev–Trinajstić information content (AvgIpc) is 2.40. The molecule has 0 aromatic carbocycles. The predicted molar refractivity (Wildman–Crippen MR) is 71.1 cm³/mol. The lowest BCUT2D eigenvalue weighted by molar-refractivity contribution is -0.0646. The second-order valence-corrected chi connectivity index (χ2v) is 5.35. The molecule has 1 heterocycles. The number of aromatic nitrogens is 2. The first-order valence-corrected chi connectivity index (χ1v) is 6.71. The van der Waals surface area contributed by atoms with Gasteiger partial charge in [0.15, 0.2) is 5.82 Å². The van der Waals surface area contributed by atoms with E-state index < -0.39 is 0 Å². The summed E-state index contributed by atoms with van der Waals surface area (Å²) >= 11 is 0. The Balaban J connectivity index is 2.21. The second-order valence-electron chi connectivity index (χ2n) is 5.35. The monoisotopic (exact) mass is 249 g/mol. The summed E-state index contributed by atoms with van der Waals surface area (Å²) < 4.78 is 5.79. The number of nitrogens with zero attached hydrogens (tertiary/aromatic N) is 2. The van der Waals surface area contributed by atoms with Crippen molar-refractivity contribution in [3.8, 4) is 0 Å². The van der Waals surface area contributed by atoms with Gasteiger partial charge in [-0.05, 0) is 32.2 Å². The van der Waals surface area contributed by atoms with Crippen LogP contribution < -0.4 is 5.32 Å². The molecule has 1 fully saturated rings. The molecule has 1 aromatic rings. The Bertz CT molecular complexity index is 379. The zero-order valence-electron chi connectivity index (χ0n) is 11.6. The fourth-order valence-electron chi connectivity index (χ4n) is 2.87. The Morgan fingerprint density at radius 2 is 2.17 bits per heavy atom. The van der Waals surface area contributed by atoms with Crippen LogP contribution in [0.25, 0.3) is 0 Å². The van der Waals surface area contributed by atoms with Crippen LogP contribution >= 0.6 is 0 Å². The van der Waals surface area contributed by atoms with E-state index in [1.165, 1.54) is 12.8 Å². The molecule has 0 amide bonds. The van der Waals surface area contributed by atoms with E-state index in [2.05, 4.69) is 22.2 Å². The van der Waals surface area contributed by atoms with Crippen molar-refractivity contribution in [3.63, 3.8) is 0 Å². The van der Waals surface area contributed by atoms with Gasteiger partial charge in [-0.2, -0.15) is 0 Å². The number of nitrogens with one attached hydrogen (secondary N) is 1. The highest BCUT2D eigenvalue weighted by Crippen LogP contribution is 2.40. The van der Waals surface area contributed by atoms with E-state index in [9.17, 15) is 0 Å². The number of hydrogen-bond donors (Lipinski definition) is 1. The Morgan fingerprint density at radius 1 is 1.44 bits per heavy atom. The van der Waals surface area contributed by atoms with Gasteiger partial charge in [0.25, 0.3) is 0 Å². The van der Waals surface area contributed by atoms with Crippen LogP contribution in [-0.2, 0) is 16.9 Å². The van der Waals surface area contributed by atoms with Crippen LogP contribution in [0.3, 0.4) is 0 Å². The van der Waals surface area contributed by atoms with Crippen LogP contribution in [0.15, 0.2) is 12.4 Å². The fourth-order valence-corrected chi connectivity index (χ4v) is 2.87. The molecule has 0 radical (unpaired) electrons. The van der Waals surface area contributed by atoms with Crippen molar-refractivity contribution in [2.75, 3.05) is 14.2 Å². The van der Waals surface area contributed by atoms with Crippen molar-refractivity contribution < 1.29 is 4.74 Å². The Morgan fingerprint density at radius 3 is 2.72 bits per heavy atom. The zero-order valence-corrected chi connectivity index (χ0v) is 11.6. The van der Waals surface area contributed by atoms with Crippen molar-refractivity contribution >= 4 is 0 Å². The molecule has 0 saturated heterocycles. The molecule has 4 nitrogen and oxygen atoms in total. The van der Waals surface area contributed by atoms with Gasteiger partial charge in [0.2, 0.25) is 0 Å². The topological polar surface area (TPSA) is 47.0 Å². The van der Waals surface area contributed by atoms with Gasteiger partial charge in [-0.25, -0.2) is 9.97 Å². The third-order valence-corrected chi connectivity index (χ3v) is 3.84. The Hall–Kier alpha value is -1.00. The molecule has 0 spiro atoms. The van der Waals surface area contributed by atoms with Gasteiger partial charge < -0.3 is 10.1 Å². The minimum atomic E-state index is -0.268. The summed E-state index contributed by atoms with van der Waals surface area (Å²) in [5.41, 5.74) is 0.840. The van der Waals surface area contributed by atoms with Crippen molar-refractivity contribution in [1.29, 1.82) is 0 Å². The quantitative estimate of drug-likeness (QED) is 0.889. The largest absolute Gasteiger partial charge is 0.370 e. The van der Waals surface area contributed by atoms with Gasteiger partial charge in [-0.1, -0.05) is 13.3 Å². The van der Waals surface area contributed by atoms with E-state index in [1.807, 2.05) is 19.4 Å². The molecule has 100 valence electrons. The number of ether oxygens (including phenoxy) is 1. The van der Waals surface area contributed by atoms with Crippen molar-refractivity contribution in [3.05, 3.63) is 23.8 Å². The van der Waals surface area contributed by atoms with Crippen molar-refractivity contribution in [2.45, 2.75) is 44.8 Å². The zero-order chi connectivity index (χ0) is 13.0. The molecule has 1 aliphatic rings. The number of methoxy groups -OCH3 is 1. The first kappa shape index (κ1) is 13.4. The van der Waals surface area contributed by atoms with Crippen LogP contribution in [0, 0.1) is 5.92 Å². The molecule has 1 N–H and O–H groups in total. The molecule has 2 unspecified atom stereocenters. The van der Waals surface area contributed by atoms with Gasteiger partial charge >= 0.3 is 0 Å². The van der Waals surface area contributed by atoms with Gasteiger partial charge in [0, 0.05) is 31.6 Å². The molecule has 18 heavy (non-hydrogen) atoms. The normalized spacial score (nSPS) is 28.3. The Labute approximate surface area is 109 Å². The average molecular weight is 249 g/mol. The third kappa shape index (κ3) is 2.70. The Kier molecular flexibility index (Phi) is 4.30. The second kappa shape index (κ2) is 5.76. The molecule has 4 heteroatoms. The van der Waals surface area contributed by atoms with E-state index in [-0.39, 0.29) is 5.60 Å². The summed E-state index contributed by atoms with van der Waals surface area (Å²) in [6, 6.07) is 0. The lowest BCUT2D eigenvalue weighted by atomic mass is 9.78. The summed E-state index contributed by atoms with van der Waals surface area (Å²) in [4.78, 5) is 9.04. The SMILES string of the molecule is CNCc1cnc(C2(OC)CCCC(C)C2)nc1. The van der Waals surface area contributed by atoms with E-state index in [1.54, 1.807) is 7.11 Å². The standard InChI is InChI=1S/C14H23N3O/c1-11-5-4-6-14(7-11,18-3)13-16-9-12(8-15-2)10-17-13/h9-11,15H,4-8H2,1-3H3. The van der Waals surface area contributed by atoms with E-state index in [0.717, 1.165) is 30.8 Å². The van der Waals surface area contributed by atoms with E-state index in [0.29, 0.717) is 5.92 Å². The highest BCUT2D eigenvalue weighted by atomic mass is 16.5. The van der Waals surface area contributed by atoms with Crippen molar-refractivity contribution in [2.24, 2.45) is 5.92 Å². The molecular weight excluding hydrogens is 226 g/mol. The maximum absolute atomic E-state index is 5.79. The first-order chi connectivity index (χ1) is 8.70. The molecule has 1 aliphatic carbocycles. The molecule has 2 rings (SSSR count). The molecule has 1 saturated carbocycles.